The Morgan fingerprint density at radius 3 is 2.33 bits per heavy atom. The summed E-state index contributed by atoms with van der Waals surface area (Å²) in [7, 11) is 3.21. The van der Waals surface area contributed by atoms with Crippen LogP contribution in [0.2, 0.25) is 0 Å². The summed E-state index contributed by atoms with van der Waals surface area (Å²) in [6.07, 6.45) is 5.54. The molecule has 0 saturated carbocycles. The highest BCUT2D eigenvalue weighted by Gasteiger charge is 2.00. The Morgan fingerprint density at radius 2 is 1.71 bits per heavy atom. The van der Waals surface area contributed by atoms with Crippen molar-refractivity contribution < 1.29 is 9.53 Å². The number of nitrogens with one attached hydrogen (secondary N) is 2. The molecule has 5 nitrogen and oxygen atoms in total. The average molecular weight is 447 g/mol. The van der Waals surface area contributed by atoms with Gasteiger partial charge in [-0.1, -0.05) is 36.8 Å². The van der Waals surface area contributed by atoms with E-state index < -0.39 is 0 Å². The van der Waals surface area contributed by atoms with Crippen LogP contribution in [0.4, 0.5) is 0 Å². The number of methoxy groups -OCH3 is 1. The highest BCUT2D eigenvalue weighted by Crippen LogP contribution is 2.01. The zero-order valence-corrected chi connectivity index (χ0v) is 17.0. The van der Waals surface area contributed by atoms with E-state index in [9.17, 15) is 4.79 Å². The van der Waals surface area contributed by atoms with Crippen LogP contribution in [0.1, 0.15) is 37.7 Å². The SMILES string of the molecule is CN=C(NCCCCCC(=O)OC)NCCCc1ccccc1.I. The summed E-state index contributed by atoms with van der Waals surface area (Å²) in [4.78, 5) is 15.2. The monoisotopic (exact) mass is 447 g/mol. The number of benzene rings is 1. The van der Waals surface area contributed by atoms with Crippen molar-refractivity contribution in [3.05, 3.63) is 35.9 Å². The van der Waals surface area contributed by atoms with Crippen LogP contribution in [0.5, 0.6) is 0 Å². The van der Waals surface area contributed by atoms with E-state index in [2.05, 4.69) is 44.6 Å². The van der Waals surface area contributed by atoms with E-state index in [4.69, 9.17) is 0 Å². The van der Waals surface area contributed by atoms with Crippen molar-refractivity contribution in [3.63, 3.8) is 0 Å². The number of hydrogen-bond donors (Lipinski definition) is 2. The molecule has 1 aromatic carbocycles. The van der Waals surface area contributed by atoms with Gasteiger partial charge in [-0.3, -0.25) is 9.79 Å². The van der Waals surface area contributed by atoms with Crippen LogP contribution < -0.4 is 10.6 Å². The molecule has 0 fully saturated rings. The molecule has 0 amide bonds. The Kier molecular flexibility index (Phi) is 14.4. The van der Waals surface area contributed by atoms with Gasteiger partial charge in [-0.05, 0) is 31.2 Å². The molecular weight excluding hydrogens is 417 g/mol. The van der Waals surface area contributed by atoms with Gasteiger partial charge in [0.15, 0.2) is 5.96 Å². The van der Waals surface area contributed by atoms with Crippen molar-refractivity contribution >= 4 is 35.9 Å². The molecule has 0 aromatic heterocycles. The summed E-state index contributed by atoms with van der Waals surface area (Å²) in [5.74, 6) is 0.708. The average Bonchev–Trinajstić information content (AvgIpc) is 2.60. The van der Waals surface area contributed by atoms with Gasteiger partial charge >= 0.3 is 5.97 Å². The smallest absolute Gasteiger partial charge is 0.305 e. The normalized spacial score (nSPS) is 10.7. The Labute approximate surface area is 162 Å². The van der Waals surface area contributed by atoms with E-state index in [1.165, 1.54) is 12.7 Å². The molecule has 0 atom stereocenters. The molecule has 0 aliphatic carbocycles. The number of ether oxygens (including phenoxy) is 1. The minimum Gasteiger partial charge on any atom is -0.469 e. The number of hydrogen-bond acceptors (Lipinski definition) is 3. The molecule has 1 aromatic rings. The highest BCUT2D eigenvalue weighted by atomic mass is 127. The van der Waals surface area contributed by atoms with Gasteiger partial charge in [-0.2, -0.15) is 0 Å². The van der Waals surface area contributed by atoms with Crippen molar-refractivity contribution in [1.82, 2.24) is 10.6 Å². The predicted molar refractivity (Wildman–Crippen MR) is 110 cm³/mol. The lowest BCUT2D eigenvalue weighted by Crippen LogP contribution is -2.38. The van der Waals surface area contributed by atoms with Crippen LogP contribution in [0.25, 0.3) is 0 Å². The van der Waals surface area contributed by atoms with E-state index in [1.807, 2.05) is 6.07 Å². The van der Waals surface area contributed by atoms with E-state index in [1.54, 1.807) is 7.05 Å². The third-order valence-electron chi connectivity index (χ3n) is 3.58. The van der Waals surface area contributed by atoms with E-state index in [0.717, 1.165) is 51.2 Å². The second kappa shape index (κ2) is 15.2. The van der Waals surface area contributed by atoms with Crippen LogP contribution in [0.15, 0.2) is 35.3 Å². The van der Waals surface area contributed by atoms with Crippen LogP contribution >= 0.6 is 24.0 Å². The van der Waals surface area contributed by atoms with Gasteiger partial charge in [0.25, 0.3) is 0 Å². The molecular formula is C18H30IN3O2. The zero-order valence-electron chi connectivity index (χ0n) is 14.7. The predicted octanol–water partition coefficient (Wildman–Crippen LogP) is 3.14. The number of halogens is 1. The van der Waals surface area contributed by atoms with Crippen LogP contribution in [-0.2, 0) is 16.0 Å². The molecule has 0 saturated heterocycles. The number of aliphatic imine (C=N–C) groups is 1. The molecule has 0 spiro atoms. The summed E-state index contributed by atoms with van der Waals surface area (Å²) in [5.41, 5.74) is 1.36. The third kappa shape index (κ3) is 11.3. The first-order valence-corrected chi connectivity index (χ1v) is 8.31. The first-order valence-electron chi connectivity index (χ1n) is 8.31. The summed E-state index contributed by atoms with van der Waals surface area (Å²) >= 11 is 0. The number of guanidine groups is 1. The van der Waals surface area contributed by atoms with Crippen LogP contribution in [0.3, 0.4) is 0 Å². The maximum Gasteiger partial charge on any atom is 0.305 e. The largest absolute Gasteiger partial charge is 0.469 e. The molecule has 0 radical (unpaired) electrons. The van der Waals surface area contributed by atoms with Crippen molar-refractivity contribution in [2.45, 2.75) is 38.5 Å². The summed E-state index contributed by atoms with van der Waals surface area (Å²) in [6.45, 7) is 1.76. The number of aryl methyl sites for hydroxylation is 1. The van der Waals surface area contributed by atoms with E-state index >= 15 is 0 Å². The molecule has 0 aliphatic heterocycles. The van der Waals surface area contributed by atoms with Crippen LogP contribution in [-0.4, -0.2) is 39.2 Å². The van der Waals surface area contributed by atoms with Crippen molar-refractivity contribution in [2.75, 3.05) is 27.2 Å². The van der Waals surface area contributed by atoms with Gasteiger partial charge in [0.05, 0.1) is 7.11 Å². The Balaban J connectivity index is 0.00000529. The Bertz CT molecular complexity index is 467. The number of nitrogens with zero attached hydrogens (tertiary/aromatic N) is 1. The number of unbranched alkanes of at least 4 members (excludes halogenated alkanes) is 2. The second-order valence-electron chi connectivity index (χ2n) is 5.40. The maximum atomic E-state index is 11.0. The highest BCUT2D eigenvalue weighted by molar-refractivity contribution is 14.0. The first-order chi connectivity index (χ1) is 11.3. The fourth-order valence-electron chi connectivity index (χ4n) is 2.24. The molecule has 6 heteroatoms. The van der Waals surface area contributed by atoms with Crippen LogP contribution in [0, 0.1) is 0 Å². The minimum absolute atomic E-state index is 0. The molecule has 2 N–H and O–H groups in total. The van der Waals surface area contributed by atoms with Gasteiger partial charge in [0.1, 0.15) is 0 Å². The maximum absolute atomic E-state index is 11.0. The fraction of sp³-hybridized carbons (Fsp3) is 0.556. The van der Waals surface area contributed by atoms with Crippen molar-refractivity contribution in [1.29, 1.82) is 0 Å². The summed E-state index contributed by atoms with van der Waals surface area (Å²) in [5, 5.41) is 6.62. The van der Waals surface area contributed by atoms with Crippen molar-refractivity contribution in [3.8, 4) is 0 Å². The summed E-state index contributed by atoms with van der Waals surface area (Å²) < 4.78 is 4.62. The fourth-order valence-corrected chi connectivity index (χ4v) is 2.24. The molecule has 0 aliphatic rings. The molecule has 0 heterocycles. The number of carbonyl (C=O) groups is 1. The van der Waals surface area contributed by atoms with Crippen molar-refractivity contribution in [2.24, 2.45) is 4.99 Å². The topological polar surface area (TPSA) is 62.7 Å². The van der Waals surface area contributed by atoms with Gasteiger partial charge in [-0.15, -0.1) is 24.0 Å². The molecule has 136 valence electrons. The quantitative estimate of drug-likeness (QED) is 0.190. The molecule has 0 unspecified atom stereocenters. The lowest BCUT2D eigenvalue weighted by molar-refractivity contribution is -0.140. The van der Waals surface area contributed by atoms with Gasteiger partial charge < -0.3 is 15.4 Å². The molecule has 1 rings (SSSR count). The lowest BCUT2D eigenvalue weighted by atomic mass is 10.1. The summed E-state index contributed by atoms with van der Waals surface area (Å²) in [6, 6.07) is 10.5. The number of rotatable bonds is 10. The van der Waals surface area contributed by atoms with Gasteiger partial charge in [0, 0.05) is 26.6 Å². The molecule has 0 bridgehead atoms. The first kappa shape index (κ1) is 22.7. The van der Waals surface area contributed by atoms with E-state index in [-0.39, 0.29) is 29.9 Å². The van der Waals surface area contributed by atoms with E-state index in [0.29, 0.717) is 6.42 Å². The van der Waals surface area contributed by atoms with Gasteiger partial charge in [0.2, 0.25) is 0 Å². The Morgan fingerprint density at radius 1 is 1.04 bits per heavy atom. The molecule has 24 heavy (non-hydrogen) atoms. The zero-order chi connectivity index (χ0) is 16.8. The lowest BCUT2D eigenvalue weighted by Gasteiger charge is -2.11. The van der Waals surface area contributed by atoms with Gasteiger partial charge in [-0.25, -0.2) is 0 Å². The number of carbonyl (C=O) groups excluding carboxylic acids is 1. The minimum atomic E-state index is -0.131. The third-order valence-corrected chi connectivity index (χ3v) is 3.58. The second-order valence-corrected chi connectivity index (χ2v) is 5.40. The number of esters is 1. The Hall–Kier alpha value is -1.31. The standard InChI is InChI=1S/C18H29N3O2.HI/c1-19-18(20-14-8-4-7-13-17(22)23-2)21-15-9-12-16-10-5-3-6-11-16;/h3,5-6,10-11H,4,7-9,12-15H2,1-2H3,(H2,19,20,21);1H.